The van der Waals surface area contributed by atoms with Crippen LogP contribution in [-0.2, 0) is 11.2 Å². The maximum atomic E-state index is 10.6. The second-order valence-electron chi connectivity index (χ2n) is 2.90. The van der Waals surface area contributed by atoms with Crippen molar-refractivity contribution in [2.75, 3.05) is 0 Å². The van der Waals surface area contributed by atoms with Crippen LogP contribution in [-0.4, -0.2) is 6.29 Å². The third kappa shape index (κ3) is 1.28. The Morgan fingerprint density at radius 3 is 2.69 bits per heavy atom. The van der Waals surface area contributed by atoms with Crippen molar-refractivity contribution in [1.29, 1.82) is 0 Å². The van der Waals surface area contributed by atoms with E-state index in [1.807, 2.05) is 12.1 Å². The first kappa shape index (κ1) is 8.79. The standard InChI is InChI=1S/C10H6Cl2O/c11-9-3-1-2-7-8(9)4-6(5-13)10(7)12/h1-3,5H,4H2. The van der Waals surface area contributed by atoms with Crippen LogP contribution in [0.1, 0.15) is 11.1 Å². The van der Waals surface area contributed by atoms with Gasteiger partial charge in [-0.25, -0.2) is 0 Å². The smallest absolute Gasteiger partial charge is 0.147 e. The fourth-order valence-corrected chi connectivity index (χ4v) is 2.01. The van der Waals surface area contributed by atoms with Gasteiger partial charge in [-0.2, -0.15) is 0 Å². The Balaban J connectivity index is 2.61. The largest absolute Gasteiger partial charge is 0.298 e. The molecule has 0 radical (unpaired) electrons. The average molecular weight is 213 g/mol. The van der Waals surface area contributed by atoms with Crippen molar-refractivity contribution in [3.8, 4) is 0 Å². The molecular weight excluding hydrogens is 207 g/mol. The molecule has 2 rings (SSSR count). The Bertz CT molecular complexity index is 407. The number of benzene rings is 1. The molecule has 1 aliphatic rings. The summed E-state index contributed by atoms with van der Waals surface area (Å²) in [5.74, 6) is 0. The lowest BCUT2D eigenvalue weighted by Crippen LogP contribution is -1.86. The van der Waals surface area contributed by atoms with Crippen LogP contribution in [0.3, 0.4) is 0 Å². The summed E-state index contributed by atoms with van der Waals surface area (Å²) in [6.07, 6.45) is 1.34. The zero-order chi connectivity index (χ0) is 9.42. The Labute approximate surface area is 86.0 Å². The van der Waals surface area contributed by atoms with E-state index in [0.29, 0.717) is 22.0 Å². The summed E-state index contributed by atoms with van der Waals surface area (Å²) in [6, 6.07) is 5.51. The minimum Gasteiger partial charge on any atom is -0.298 e. The minimum absolute atomic E-state index is 0.535. The van der Waals surface area contributed by atoms with Gasteiger partial charge < -0.3 is 0 Å². The zero-order valence-corrected chi connectivity index (χ0v) is 8.19. The second-order valence-corrected chi connectivity index (χ2v) is 3.68. The summed E-state index contributed by atoms with van der Waals surface area (Å²) in [4.78, 5) is 10.6. The number of hydrogen-bond acceptors (Lipinski definition) is 1. The normalized spacial score (nSPS) is 14.6. The van der Waals surface area contributed by atoms with Gasteiger partial charge in [0.2, 0.25) is 0 Å². The summed E-state index contributed by atoms with van der Waals surface area (Å²) in [5, 5.41) is 1.21. The molecule has 1 aromatic carbocycles. The van der Waals surface area contributed by atoms with Gasteiger partial charge in [-0.3, -0.25) is 4.79 Å². The van der Waals surface area contributed by atoms with Gasteiger partial charge in [0.05, 0.1) is 5.03 Å². The Kier molecular flexibility index (Phi) is 2.14. The molecule has 0 aliphatic heterocycles. The minimum atomic E-state index is 0.535. The van der Waals surface area contributed by atoms with Gasteiger partial charge in [0.15, 0.2) is 0 Å². The first-order valence-corrected chi connectivity index (χ1v) is 4.61. The third-order valence-corrected chi connectivity index (χ3v) is 2.95. The Morgan fingerprint density at radius 2 is 2.08 bits per heavy atom. The highest BCUT2D eigenvalue weighted by molar-refractivity contribution is 6.51. The molecular formula is C10H6Cl2O. The quantitative estimate of drug-likeness (QED) is 0.655. The highest BCUT2D eigenvalue weighted by atomic mass is 35.5. The monoisotopic (exact) mass is 212 g/mol. The van der Waals surface area contributed by atoms with Crippen LogP contribution in [0.5, 0.6) is 0 Å². The first-order valence-electron chi connectivity index (χ1n) is 3.85. The lowest BCUT2D eigenvalue weighted by Gasteiger charge is -2.00. The van der Waals surface area contributed by atoms with E-state index in [2.05, 4.69) is 0 Å². The van der Waals surface area contributed by atoms with E-state index in [9.17, 15) is 4.79 Å². The molecule has 0 spiro atoms. The summed E-state index contributed by atoms with van der Waals surface area (Å²) in [5.41, 5.74) is 2.46. The number of carbonyl (C=O) groups is 1. The first-order chi connectivity index (χ1) is 6.24. The van der Waals surface area contributed by atoms with Gasteiger partial charge in [-0.05, 0) is 17.2 Å². The van der Waals surface area contributed by atoms with Crippen LogP contribution in [0.4, 0.5) is 0 Å². The average Bonchev–Trinajstić information content (AvgIpc) is 2.45. The Hall–Kier alpha value is -0.790. The topological polar surface area (TPSA) is 17.1 Å². The number of aldehydes is 1. The highest BCUT2D eigenvalue weighted by Gasteiger charge is 2.21. The predicted molar refractivity (Wildman–Crippen MR) is 54.0 cm³/mol. The summed E-state index contributed by atoms with van der Waals surface area (Å²) < 4.78 is 0. The maximum Gasteiger partial charge on any atom is 0.147 e. The van der Waals surface area contributed by atoms with E-state index < -0.39 is 0 Å². The molecule has 1 aromatic rings. The fraction of sp³-hybridized carbons (Fsp3) is 0.100. The molecule has 0 atom stereocenters. The number of carbonyl (C=O) groups excluding carboxylic acids is 1. The van der Waals surface area contributed by atoms with E-state index in [1.165, 1.54) is 0 Å². The van der Waals surface area contributed by atoms with Gasteiger partial charge in [-0.15, -0.1) is 0 Å². The molecule has 13 heavy (non-hydrogen) atoms. The van der Waals surface area contributed by atoms with Gasteiger partial charge in [0, 0.05) is 17.0 Å². The number of rotatable bonds is 1. The van der Waals surface area contributed by atoms with Gasteiger partial charge in [-0.1, -0.05) is 35.3 Å². The van der Waals surface area contributed by atoms with E-state index in [1.54, 1.807) is 6.07 Å². The zero-order valence-electron chi connectivity index (χ0n) is 6.68. The molecule has 0 N–H and O–H groups in total. The van der Waals surface area contributed by atoms with Crippen LogP contribution < -0.4 is 0 Å². The molecule has 1 nitrogen and oxygen atoms in total. The maximum absolute atomic E-state index is 10.6. The van der Waals surface area contributed by atoms with Crippen molar-refractivity contribution < 1.29 is 4.79 Å². The van der Waals surface area contributed by atoms with Crippen LogP contribution in [0.2, 0.25) is 5.02 Å². The molecule has 0 amide bonds. The second kappa shape index (κ2) is 3.17. The van der Waals surface area contributed by atoms with Crippen LogP contribution in [0.15, 0.2) is 23.8 Å². The van der Waals surface area contributed by atoms with E-state index in [-0.39, 0.29) is 0 Å². The summed E-state index contributed by atoms with van der Waals surface area (Å²) >= 11 is 11.9. The lowest BCUT2D eigenvalue weighted by molar-refractivity contribution is -0.104. The summed E-state index contributed by atoms with van der Waals surface area (Å²) in [7, 11) is 0. The number of allylic oxidation sites excluding steroid dienone is 1. The van der Waals surface area contributed by atoms with E-state index in [0.717, 1.165) is 17.4 Å². The molecule has 1 aliphatic carbocycles. The van der Waals surface area contributed by atoms with Gasteiger partial charge in [0.25, 0.3) is 0 Å². The third-order valence-electron chi connectivity index (χ3n) is 2.15. The van der Waals surface area contributed by atoms with Crippen molar-refractivity contribution in [3.05, 3.63) is 39.9 Å². The van der Waals surface area contributed by atoms with Crippen molar-refractivity contribution in [2.45, 2.75) is 6.42 Å². The lowest BCUT2D eigenvalue weighted by atomic mass is 10.1. The molecule has 0 unspecified atom stereocenters. The fourth-order valence-electron chi connectivity index (χ4n) is 1.48. The number of hydrogen-bond donors (Lipinski definition) is 0. The van der Waals surface area contributed by atoms with E-state index >= 15 is 0 Å². The van der Waals surface area contributed by atoms with Crippen molar-refractivity contribution in [2.24, 2.45) is 0 Å². The van der Waals surface area contributed by atoms with Gasteiger partial charge >= 0.3 is 0 Å². The summed E-state index contributed by atoms with van der Waals surface area (Å²) in [6.45, 7) is 0. The van der Waals surface area contributed by atoms with Crippen molar-refractivity contribution in [1.82, 2.24) is 0 Å². The SMILES string of the molecule is O=CC1=C(Cl)c2cccc(Cl)c2C1. The molecule has 0 heterocycles. The molecule has 3 heteroatoms. The number of halogens is 2. The molecule has 0 saturated heterocycles. The van der Waals surface area contributed by atoms with Crippen LogP contribution >= 0.6 is 23.2 Å². The van der Waals surface area contributed by atoms with Crippen LogP contribution in [0.25, 0.3) is 5.03 Å². The van der Waals surface area contributed by atoms with Crippen molar-refractivity contribution in [3.63, 3.8) is 0 Å². The molecule has 0 bridgehead atoms. The van der Waals surface area contributed by atoms with E-state index in [4.69, 9.17) is 23.2 Å². The van der Waals surface area contributed by atoms with Crippen molar-refractivity contribution >= 4 is 34.5 Å². The molecule has 0 fully saturated rings. The number of fused-ring (bicyclic) bond motifs is 1. The Morgan fingerprint density at radius 1 is 1.31 bits per heavy atom. The van der Waals surface area contributed by atoms with Gasteiger partial charge in [0.1, 0.15) is 6.29 Å². The molecule has 66 valence electrons. The van der Waals surface area contributed by atoms with Crippen LogP contribution in [0, 0.1) is 0 Å². The molecule has 0 saturated carbocycles. The highest BCUT2D eigenvalue weighted by Crippen LogP contribution is 2.37. The predicted octanol–water partition coefficient (Wildman–Crippen LogP) is 3.04. The molecule has 0 aromatic heterocycles.